The van der Waals surface area contributed by atoms with Crippen molar-refractivity contribution in [3.8, 4) is 0 Å². The molecule has 1 fully saturated rings. The van der Waals surface area contributed by atoms with Gasteiger partial charge in [0.15, 0.2) is 0 Å². The van der Waals surface area contributed by atoms with Crippen LogP contribution in [0.15, 0.2) is 60.7 Å². The molecular weight excluding hydrogens is 362 g/mol. The zero-order valence-corrected chi connectivity index (χ0v) is 16.0. The van der Waals surface area contributed by atoms with Gasteiger partial charge in [-0.1, -0.05) is 48.5 Å². The van der Waals surface area contributed by atoms with Crippen molar-refractivity contribution in [2.75, 3.05) is 5.32 Å². The quantitative estimate of drug-likeness (QED) is 0.712. The molecule has 0 heterocycles. The van der Waals surface area contributed by atoms with Gasteiger partial charge >= 0.3 is 0 Å². The zero-order chi connectivity index (χ0) is 18.4. The summed E-state index contributed by atoms with van der Waals surface area (Å²) in [5.74, 6) is -0.398. The standard InChI is InChI=1S/C21H25N3O2.ClH/c22-17-12-11-16(14-17)20(25)24-19(13-15-7-3-1-4-8-15)21(26)23-18-9-5-2-6-10-18;/h1-10,16-17,19H,11-14,22H2,(H,23,26)(H,24,25);1H. The minimum Gasteiger partial charge on any atom is -0.344 e. The molecule has 144 valence electrons. The van der Waals surface area contributed by atoms with Crippen molar-refractivity contribution >= 4 is 29.9 Å². The molecule has 27 heavy (non-hydrogen) atoms. The average Bonchev–Trinajstić information content (AvgIpc) is 3.09. The first-order chi connectivity index (χ1) is 12.6. The second kappa shape index (κ2) is 10.1. The monoisotopic (exact) mass is 387 g/mol. The number of nitrogens with two attached hydrogens (primary N) is 1. The van der Waals surface area contributed by atoms with Gasteiger partial charge < -0.3 is 16.4 Å². The molecule has 2 aromatic rings. The summed E-state index contributed by atoms with van der Waals surface area (Å²) in [6.45, 7) is 0. The highest BCUT2D eigenvalue weighted by Crippen LogP contribution is 2.24. The molecule has 2 amide bonds. The normalized spacial score (nSPS) is 19.6. The molecule has 0 bridgehead atoms. The molecule has 0 aliphatic heterocycles. The van der Waals surface area contributed by atoms with Crippen molar-refractivity contribution in [3.63, 3.8) is 0 Å². The van der Waals surface area contributed by atoms with E-state index >= 15 is 0 Å². The van der Waals surface area contributed by atoms with Crippen LogP contribution in [0.5, 0.6) is 0 Å². The smallest absolute Gasteiger partial charge is 0.247 e. The van der Waals surface area contributed by atoms with E-state index in [4.69, 9.17) is 5.73 Å². The number of anilines is 1. The lowest BCUT2D eigenvalue weighted by molar-refractivity contribution is -0.129. The van der Waals surface area contributed by atoms with Crippen LogP contribution in [0, 0.1) is 5.92 Å². The van der Waals surface area contributed by atoms with Crippen LogP contribution >= 0.6 is 12.4 Å². The van der Waals surface area contributed by atoms with E-state index in [1.54, 1.807) is 0 Å². The predicted molar refractivity (Wildman–Crippen MR) is 110 cm³/mol. The van der Waals surface area contributed by atoms with E-state index in [-0.39, 0.29) is 36.2 Å². The fraction of sp³-hybridized carbons (Fsp3) is 0.333. The van der Waals surface area contributed by atoms with Gasteiger partial charge in [-0.3, -0.25) is 9.59 Å². The van der Waals surface area contributed by atoms with E-state index in [1.807, 2.05) is 60.7 Å². The fourth-order valence-electron chi connectivity index (χ4n) is 3.35. The summed E-state index contributed by atoms with van der Waals surface area (Å²) in [7, 11) is 0. The third-order valence-corrected chi connectivity index (χ3v) is 4.80. The molecule has 0 spiro atoms. The maximum absolute atomic E-state index is 12.8. The number of rotatable bonds is 6. The second-order valence-corrected chi connectivity index (χ2v) is 6.88. The summed E-state index contributed by atoms with van der Waals surface area (Å²) >= 11 is 0. The van der Waals surface area contributed by atoms with Crippen molar-refractivity contribution in [2.45, 2.75) is 37.8 Å². The molecule has 0 radical (unpaired) electrons. The summed E-state index contributed by atoms with van der Waals surface area (Å²) in [5.41, 5.74) is 7.64. The van der Waals surface area contributed by atoms with Gasteiger partial charge in [0, 0.05) is 24.1 Å². The Morgan fingerprint density at radius 1 is 1.00 bits per heavy atom. The Kier molecular flexibility index (Phi) is 7.82. The van der Waals surface area contributed by atoms with Crippen molar-refractivity contribution in [2.24, 2.45) is 11.7 Å². The molecule has 1 aliphatic carbocycles. The first kappa shape index (κ1) is 20.9. The molecule has 3 atom stereocenters. The van der Waals surface area contributed by atoms with Crippen molar-refractivity contribution < 1.29 is 9.59 Å². The molecule has 0 aromatic heterocycles. The number of carbonyl (C=O) groups excluding carboxylic acids is 2. The van der Waals surface area contributed by atoms with Gasteiger partial charge in [-0.05, 0) is 37.0 Å². The largest absolute Gasteiger partial charge is 0.344 e. The van der Waals surface area contributed by atoms with Crippen molar-refractivity contribution in [1.82, 2.24) is 5.32 Å². The van der Waals surface area contributed by atoms with Gasteiger partial charge in [0.2, 0.25) is 11.8 Å². The number of hydrogen-bond acceptors (Lipinski definition) is 3. The molecular formula is C21H26ClN3O2. The number of halogens is 1. The number of nitrogens with one attached hydrogen (secondary N) is 2. The van der Waals surface area contributed by atoms with Crippen LogP contribution in [0.1, 0.15) is 24.8 Å². The van der Waals surface area contributed by atoms with Gasteiger partial charge in [0.25, 0.3) is 0 Å². The van der Waals surface area contributed by atoms with Crippen LogP contribution in [-0.4, -0.2) is 23.9 Å². The molecule has 4 N–H and O–H groups in total. The zero-order valence-electron chi connectivity index (χ0n) is 15.1. The predicted octanol–water partition coefficient (Wildman–Crippen LogP) is 2.90. The highest BCUT2D eigenvalue weighted by atomic mass is 35.5. The maximum Gasteiger partial charge on any atom is 0.247 e. The SMILES string of the molecule is Cl.NC1CCC(C(=O)NC(Cc2ccccc2)C(=O)Nc2ccccc2)C1. The first-order valence-electron chi connectivity index (χ1n) is 9.07. The molecule has 1 aliphatic rings. The van der Waals surface area contributed by atoms with Crippen LogP contribution in [0.2, 0.25) is 0 Å². The Morgan fingerprint density at radius 2 is 1.63 bits per heavy atom. The van der Waals surface area contributed by atoms with E-state index in [9.17, 15) is 9.59 Å². The number of para-hydroxylation sites is 1. The number of carbonyl (C=O) groups is 2. The minimum absolute atomic E-state index is 0. The van der Waals surface area contributed by atoms with E-state index in [1.165, 1.54) is 0 Å². The lowest BCUT2D eigenvalue weighted by atomic mass is 10.0. The number of amides is 2. The Balaban J connectivity index is 0.00000261. The Labute approximate surface area is 166 Å². The third-order valence-electron chi connectivity index (χ3n) is 4.80. The van der Waals surface area contributed by atoms with Crippen LogP contribution < -0.4 is 16.4 Å². The first-order valence-corrected chi connectivity index (χ1v) is 9.07. The van der Waals surface area contributed by atoms with Gasteiger partial charge in [-0.2, -0.15) is 0 Å². The average molecular weight is 388 g/mol. The van der Waals surface area contributed by atoms with Gasteiger partial charge in [0.05, 0.1) is 0 Å². The molecule has 6 heteroatoms. The van der Waals surface area contributed by atoms with E-state index in [0.717, 1.165) is 18.4 Å². The van der Waals surface area contributed by atoms with Crippen LogP contribution in [0.3, 0.4) is 0 Å². The summed E-state index contributed by atoms with van der Waals surface area (Å²) in [6, 6.07) is 18.4. The van der Waals surface area contributed by atoms with Gasteiger partial charge in [0.1, 0.15) is 6.04 Å². The molecule has 3 unspecified atom stereocenters. The number of benzene rings is 2. The maximum atomic E-state index is 12.8. The molecule has 5 nitrogen and oxygen atoms in total. The molecule has 1 saturated carbocycles. The van der Waals surface area contributed by atoms with Gasteiger partial charge in [-0.25, -0.2) is 0 Å². The third kappa shape index (κ3) is 6.08. The second-order valence-electron chi connectivity index (χ2n) is 6.88. The van der Waals surface area contributed by atoms with E-state index in [2.05, 4.69) is 10.6 Å². The van der Waals surface area contributed by atoms with Crippen LogP contribution in [0.4, 0.5) is 5.69 Å². The summed E-state index contributed by atoms with van der Waals surface area (Å²) in [4.78, 5) is 25.4. The Bertz CT molecular complexity index is 740. The van der Waals surface area contributed by atoms with Crippen LogP contribution in [-0.2, 0) is 16.0 Å². The van der Waals surface area contributed by atoms with Crippen LogP contribution in [0.25, 0.3) is 0 Å². The molecule has 3 rings (SSSR count). The lowest BCUT2D eigenvalue weighted by Gasteiger charge is -2.21. The topological polar surface area (TPSA) is 84.2 Å². The van der Waals surface area contributed by atoms with Crippen molar-refractivity contribution in [3.05, 3.63) is 66.2 Å². The van der Waals surface area contributed by atoms with E-state index in [0.29, 0.717) is 18.5 Å². The Morgan fingerprint density at radius 3 is 2.22 bits per heavy atom. The highest BCUT2D eigenvalue weighted by molar-refractivity contribution is 5.97. The fourth-order valence-corrected chi connectivity index (χ4v) is 3.35. The Hall–Kier alpha value is -2.37. The summed E-state index contributed by atoms with van der Waals surface area (Å²) < 4.78 is 0. The van der Waals surface area contributed by atoms with Crippen molar-refractivity contribution in [1.29, 1.82) is 0 Å². The summed E-state index contributed by atoms with van der Waals surface area (Å²) in [6.07, 6.45) is 2.78. The lowest BCUT2D eigenvalue weighted by Crippen LogP contribution is -2.47. The number of hydrogen-bond donors (Lipinski definition) is 3. The van der Waals surface area contributed by atoms with E-state index < -0.39 is 6.04 Å². The minimum atomic E-state index is -0.623. The highest BCUT2D eigenvalue weighted by Gasteiger charge is 2.30. The summed E-state index contributed by atoms with van der Waals surface area (Å²) in [5, 5.41) is 5.83. The van der Waals surface area contributed by atoms with Gasteiger partial charge in [-0.15, -0.1) is 12.4 Å². The molecule has 0 saturated heterocycles. The molecule has 2 aromatic carbocycles.